The zero-order chi connectivity index (χ0) is 17.6. The Morgan fingerprint density at radius 3 is 2.76 bits per heavy atom. The number of esters is 1. The first-order valence-electron chi connectivity index (χ1n) is 8.51. The largest absolute Gasteiger partial charge is 0.465 e. The van der Waals surface area contributed by atoms with Crippen molar-refractivity contribution in [2.75, 3.05) is 12.4 Å². The Bertz CT molecular complexity index is 874. The highest BCUT2D eigenvalue weighted by Gasteiger charge is 2.39. The lowest BCUT2D eigenvalue weighted by Crippen LogP contribution is -2.30. The quantitative estimate of drug-likeness (QED) is 0.635. The summed E-state index contributed by atoms with van der Waals surface area (Å²) in [6, 6.07) is 10.6. The van der Waals surface area contributed by atoms with Crippen LogP contribution in [0.1, 0.15) is 45.4 Å². The van der Waals surface area contributed by atoms with Crippen LogP contribution in [0, 0.1) is 18.7 Å². The molecule has 3 atom stereocenters. The van der Waals surface area contributed by atoms with Gasteiger partial charge in [-0.15, -0.1) is 0 Å². The van der Waals surface area contributed by atoms with Gasteiger partial charge < -0.3 is 10.1 Å². The van der Waals surface area contributed by atoms with Gasteiger partial charge in [0.1, 0.15) is 5.82 Å². The summed E-state index contributed by atoms with van der Waals surface area (Å²) < 4.78 is 19.3. The maximum Gasteiger partial charge on any atom is 0.338 e. The highest BCUT2D eigenvalue weighted by atomic mass is 19.1. The lowest BCUT2D eigenvalue weighted by Gasteiger charge is -2.38. The molecule has 1 aliphatic heterocycles. The number of nitrogens with one attached hydrogen (secondary N) is 1. The van der Waals surface area contributed by atoms with Crippen LogP contribution in [0.25, 0.3) is 0 Å². The molecule has 0 spiro atoms. The third-order valence-corrected chi connectivity index (χ3v) is 5.44. The van der Waals surface area contributed by atoms with Crippen LogP contribution in [0.2, 0.25) is 0 Å². The third kappa shape index (κ3) is 2.44. The molecule has 0 aromatic heterocycles. The van der Waals surface area contributed by atoms with E-state index in [-0.39, 0.29) is 29.7 Å². The average molecular weight is 337 g/mol. The van der Waals surface area contributed by atoms with Crippen molar-refractivity contribution < 1.29 is 13.9 Å². The first-order valence-corrected chi connectivity index (χ1v) is 8.51. The Morgan fingerprint density at radius 2 is 2.00 bits per heavy atom. The van der Waals surface area contributed by atoms with Crippen LogP contribution < -0.4 is 5.32 Å². The van der Waals surface area contributed by atoms with Gasteiger partial charge in [0.2, 0.25) is 0 Å². The van der Waals surface area contributed by atoms with Gasteiger partial charge in [0, 0.05) is 17.2 Å². The fourth-order valence-electron chi connectivity index (χ4n) is 4.18. The van der Waals surface area contributed by atoms with Crippen LogP contribution in [-0.2, 0) is 4.74 Å². The van der Waals surface area contributed by atoms with Gasteiger partial charge in [-0.3, -0.25) is 0 Å². The highest BCUT2D eigenvalue weighted by molar-refractivity contribution is 5.93. The molecule has 2 aromatic carbocycles. The number of ether oxygens (including phenoxy) is 1. The Kier molecular flexibility index (Phi) is 3.83. The minimum atomic E-state index is -0.353. The molecule has 2 aromatic rings. The number of anilines is 1. The zero-order valence-electron chi connectivity index (χ0n) is 14.3. The summed E-state index contributed by atoms with van der Waals surface area (Å²) in [6.07, 6.45) is 5.28. The van der Waals surface area contributed by atoms with Crippen molar-refractivity contribution in [3.63, 3.8) is 0 Å². The first-order chi connectivity index (χ1) is 12.1. The van der Waals surface area contributed by atoms with E-state index in [1.807, 2.05) is 31.2 Å². The number of carbonyl (C=O) groups is 1. The second kappa shape index (κ2) is 6.03. The van der Waals surface area contributed by atoms with Gasteiger partial charge in [0.25, 0.3) is 0 Å². The number of fused-ring (bicyclic) bond motifs is 3. The van der Waals surface area contributed by atoms with Gasteiger partial charge >= 0.3 is 5.97 Å². The van der Waals surface area contributed by atoms with E-state index in [1.165, 1.54) is 13.2 Å². The molecule has 0 saturated heterocycles. The fourth-order valence-corrected chi connectivity index (χ4v) is 4.18. The Balaban J connectivity index is 1.85. The van der Waals surface area contributed by atoms with E-state index < -0.39 is 0 Å². The molecule has 4 rings (SSSR count). The molecule has 1 aliphatic carbocycles. The van der Waals surface area contributed by atoms with Gasteiger partial charge in [-0.1, -0.05) is 36.4 Å². The molecule has 0 amide bonds. The van der Waals surface area contributed by atoms with E-state index in [4.69, 9.17) is 4.74 Å². The van der Waals surface area contributed by atoms with Crippen molar-refractivity contribution in [2.24, 2.45) is 5.92 Å². The smallest absolute Gasteiger partial charge is 0.338 e. The van der Waals surface area contributed by atoms with E-state index in [2.05, 4.69) is 17.5 Å². The normalized spacial score (nSPS) is 23.6. The number of hydrogen-bond donors (Lipinski definition) is 1. The minimum Gasteiger partial charge on any atom is -0.465 e. The van der Waals surface area contributed by atoms with E-state index in [0.717, 1.165) is 23.2 Å². The predicted molar refractivity (Wildman–Crippen MR) is 95.3 cm³/mol. The minimum absolute atomic E-state index is 0.125. The predicted octanol–water partition coefficient (Wildman–Crippen LogP) is 4.75. The lowest BCUT2D eigenvalue weighted by atomic mass is 9.76. The van der Waals surface area contributed by atoms with Gasteiger partial charge in [0.15, 0.2) is 0 Å². The molecular formula is C21H20FNO2. The molecule has 1 heterocycles. The summed E-state index contributed by atoms with van der Waals surface area (Å²) >= 11 is 0. The van der Waals surface area contributed by atoms with E-state index in [0.29, 0.717) is 11.1 Å². The van der Waals surface area contributed by atoms with Gasteiger partial charge in [-0.25, -0.2) is 9.18 Å². The number of benzene rings is 2. The highest BCUT2D eigenvalue weighted by Crippen LogP contribution is 2.51. The summed E-state index contributed by atoms with van der Waals surface area (Å²) in [5.41, 5.74) is 4.15. The fraction of sp³-hybridized carbons (Fsp3) is 0.286. The average Bonchev–Trinajstić information content (AvgIpc) is 3.11. The van der Waals surface area contributed by atoms with Crippen LogP contribution >= 0.6 is 0 Å². The summed E-state index contributed by atoms with van der Waals surface area (Å²) in [5.74, 6) is -0.0523. The topological polar surface area (TPSA) is 38.3 Å². The third-order valence-electron chi connectivity index (χ3n) is 5.44. The molecule has 128 valence electrons. The van der Waals surface area contributed by atoms with Gasteiger partial charge in [-0.2, -0.15) is 0 Å². The van der Waals surface area contributed by atoms with Crippen molar-refractivity contribution in [1.29, 1.82) is 0 Å². The second-order valence-corrected chi connectivity index (χ2v) is 6.69. The van der Waals surface area contributed by atoms with Crippen molar-refractivity contribution >= 4 is 11.7 Å². The molecule has 0 saturated carbocycles. The monoisotopic (exact) mass is 337 g/mol. The van der Waals surface area contributed by atoms with E-state index >= 15 is 0 Å². The Hall–Kier alpha value is -2.62. The Labute approximate surface area is 146 Å². The second-order valence-electron chi connectivity index (χ2n) is 6.69. The number of methoxy groups -OCH3 is 1. The van der Waals surface area contributed by atoms with Crippen molar-refractivity contribution in [3.05, 3.63) is 76.6 Å². The molecule has 0 radical (unpaired) electrons. The number of allylic oxidation sites excluding steroid dienone is 2. The molecule has 2 aliphatic rings. The summed E-state index contributed by atoms with van der Waals surface area (Å²) in [7, 11) is 1.38. The number of halogens is 1. The SMILES string of the molecule is COC(=O)c1ccc2c(c1C)N[C@H](c1ccccc1F)[C@H]1CC=C[C@@H]21. The van der Waals surface area contributed by atoms with E-state index in [9.17, 15) is 9.18 Å². The maximum atomic E-state index is 14.4. The van der Waals surface area contributed by atoms with Crippen molar-refractivity contribution in [2.45, 2.75) is 25.3 Å². The van der Waals surface area contributed by atoms with Crippen molar-refractivity contribution in [1.82, 2.24) is 0 Å². The molecular weight excluding hydrogens is 317 g/mol. The maximum absolute atomic E-state index is 14.4. The van der Waals surface area contributed by atoms with Crippen LogP contribution in [0.5, 0.6) is 0 Å². The summed E-state index contributed by atoms with van der Waals surface area (Å²) in [5, 5.41) is 3.53. The van der Waals surface area contributed by atoms with Crippen LogP contribution in [0.4, 0.5) is 10.1 Å². The summed E-state index contributed by atoms with van der Waals surface area (Å²) in [6.45, 7) is 1.91. The first kappa shape index (κ1) is 15.9. The standard InChI is InChI=1S/C21H20FNO2/c1-12-13(21(24)25-2)10-11-16-14-7-5-8-15(14)20(23-19(12)16)17-6-3-4-9-18(17)22/h3-7,9-11,14-15,20,23H,8H2,1-2H3/t14-,15+,20+/m1/s1. The molecule has 0 bridgehead atoms. The van der Waals surface area contributed by atoms with Crippen LogP contribution in [0.15, 0.2) is 48.6 Å². The molecule has 0 unspecified atom stereocenters. The van der Waals surface area contributed by atoms with Gasteiger partial charge in [0.05, 0.1) is 18.7 Å². The van der Waals surface area contributed by atoms with Crippen LogP contribution in [-0.4, -0.2) is 13.1 Å². The van der Waals surface area contributed by atoms with Crippen molar-refractivity contribution in [3.8, 4) is 0 Å². The van der Waals surface area contributed by atoms with E-state index in [1.54, 1.807) is 6.07 Å². The number of carbonyl (C=O) groups excluding carboxylic acids is 1. The summed E-state index contributed by atoms with van der Waals surface area (Å²) in [4.78, 5) is 12.0. The number of hydrogen-bond acceptors (Lipinski definition) is 3. The number of rotatable bonds is 2. The van der Waals surface area contributed by atoms with Crippen LogP contribution in [0.3, 0.4) is 0 Å². The Morgan fingerprint density at radius 1 is 1.20 bits per heavy atom. The molecule has 0 fully saturated rings. The molecule has 4 heteroatoms. The molecule has 1 N–H and O–H groups in total. The van der Waals surface area contributed by atoms with Gasteiger partial charge in [-0.05, 0) is 42.5 Å². The molecule has 25 heavy (non-hydrogen) atoms. The zero-order valence-corrected chi connectivity index (χ0v) is 14.3. The lowest BCUT2D eigenvalue weighted by molar-refractivity contribution is 0.0600. The molecule has 3 nitrogen and oxygen atoms in total.